The number of hydrogen-bond donors (Lipinski definition) is 1. The van der Waals surface area contributed by atoms with Crippen LogP contribution >= 0.6 is 12.2 Å². The molecule has 0 aliphatic carbocycles. The molecule has 1 N–H and O–H groups in total. The van der Waals surface area contributed by atoms with E-state index in [0.29, 0.717) is 4.86 Å². The minimum Gasteiger partial charge on any atom is -0.318 e. The highest BCUT2D eigenvalue weighted by atomic mass is 32.2. The number of carbonyl (C=O) groups is 1. The Kier molecular flexibility index (Phi) is 3.35. The molecular weight excluding hydrogens is 226 g/mol. The average Bonchev–Trinajstić information content (AvgIpc) is 2.00. The summed E-state index contributed by atoms with van der Waals surface area (Å²) in [5.74, 6) is -0.711. The van der Waals surface area contributed by atoms with Gasteiger partial charge in [0.2, 0.25) is 5.91 Å². The molecule has 0 saturated heterocycles. The molecule has 7 heteroatoms. The molecule has 0 saturated carbocycles. The van der Waals surface area contributed by atoms with Crippen molar-refractivity contribution in [2.75, 3.05) is 12.3 Å². The van der Waals surface area contributed by atoms with E-state index in [1.54, 1.807) is 6.08 Å². The molecule has 1 amide bonds. The maximum absolute atomic E-state index is 11.2. The smallest absolute Gasteiger partial charge is 0.266 e. The lowest BCUT2D eigenvalue weighted by molar-refractivity contribution is -0.127. The number of nitrogens with zero attached hydrogens (tertiary/aromatic N) is 1. The summed E-state index contributed by atoms with van der Waals surface area (Å²) >= 11 is 4.79. The molecular formula is C7H9NO4S2. The molecule has 0 atom stereocenters. The quantitative estimate of drug-likeness (QED) is 0.550. The summed E-state index contributed by atoms with van der Waals surface area (Å²) in [6.07, 6.45) is 3.12. The first-order valence-electron chi connectivity index (χ1n) is 3.84. The number of hydrogen-bond acceptors (Lipinski definition) is 4. The average molecular weight is 235 g/mol. The van der Waals surface area contributed by atoms with E-state index in [1.165, 1.54) is 11.1 Å². The van der Waals surface area contributed by atoms with E-state index in [-0.39, 0.29) is 18.9 Å². The molecule has 0 aromatic rings. The summed E-state index contributed by atoms with van der Waals surface area (Å²) in [7, 11) is -4.02. The molecule has 1 aliphatic heterocycles. The predicted octanol–water partition coefficient (Wildman–Crippen LogP) is -0.00990. The Morgan fingerprint density at radius 1 is 1.57 bits per heavy atom. The van der Waals surface area contributed by atoms with Gasteiger partial charge in [-0.3, -0.25) is 9.35 Å². The number of allylic oxidation sites excluding steroid dienone is 1. The van der Waals surface area contributed by atoms with E-state index in [1.807, 2.05) is 0 Å². The molecule has 1 aliphatic rings. The van der Waals surface area contributed by atoms with E-state index >= 15 is 0 Å². The molecule has 5 nitrogen and oxygen atoms in total. The van der Waals surface area contributed by atoms with Crippen LogP contribution in [0.4, 0.5) is 0 Å². The van der Waals surface area contributed by atoms with Crippen LogP contribution in [0.5, 0.6) is 0 Å². The zero-order chi connectivity index (χ0) is 10.8. The topological polar surface area (TPSA) is 74.7 Å². The second-order valence-corrected chi connectivity index (χ2v) is 4.93. The molecule has 0 unspecified atom stereocenters. The van der Waals surface area contributed by atoms with Gasteiger partial charge in [-0.05, 0) is 6.08 Å². The molecule has 0 aromatic heterocycles. The largest absolute Gasteiger partial charge is 0.318 e. The zero-order valence-corrected chi connectivity index (χ0v) is 8.84. The number of carbonyl (C=O) groups excluding carboxylic acids is 1. The van der Waals surface area contributed by atoms with Crippen molar-refractivity contribution in [3.8, 4) is 0 Å². The van der Waals surface area contributed by atoms with E-state index in [2.05, 4.69) is 0 Å². The van der Waals surface area contributed by atoms with E-state index in [0.717, 1.165) is 0 Å². The monoisotopic (exact) mass is 235 g/mol. The van der Waals surface area contributed by atoms with Gasteiger partial charge in [0.05, 0.1) is 12.2 Å². The molecule has 0 fully saturated rings. The Hall–Kier alpha value is -0.790. The minimum atomic E-state index is -4.02. The fourth-order valence-electron chi connectivity index (χ4n) is 0.979. The van der Waals surface area contributed by atoms with Gasteiger partial charge in [0.15, 0.2) is 0 Å². The molecule has 0 bridgehead atoms. The van der Waals surface area contributed by atoms with Gasteiger partial charge in [-0.2, -0.15) is 8.42 Å². The summed E-state index contributed by atoms with van der Waals surface area (Å²) in [5, 5.41) is 0. The first-order chi connectivity index (χ1) is 6.38. The van der Waals surface area contributed by atoms with Crippen molar-refractivity contribution in [1.82, 2.24) is 4.90 Å². The van der Waals surface area contributed by atoms with Gasteiger partial charge in [-0.1, -0.05) is 12.2 Å². The van der Waals surface area contributed by atoms with Crippen molar-refractivity contribution in [2.24, 2.45) is 0 Å². The SMILES string of the molecule is O=C1CC(=S)C=CN1CCS(=O)(=O)O. The maximum atomic E-state index is 11.2. The fraction of sp³-hybridized carbons (Fsp3) is 0.429. The summed E-state index contributed by atoms with van der Waals surface area (Å²) in [6, 6.07) is 0. The Balaban J connectivity index is 2.58. The van der Waals surface area contributed by atoms with Crippen LogP contribution < -0.4 is 0 Å². The standard InChI is InChI=1S/C7H9NO4S2/c9-7-5-6(13)1-2-8(7)3-4-14(10,11)12/h1-2H,3-5H2,(H,10,11,12). The van der Waals surface area contributed by atoms with Crippen LogP contribution in [0.1, 0.15) is 6.42 Å². The van der Waals surface area contributed by atoms with Crippen LogP contribution in [-0.4, -0.2) is 40.9 Å². The first-order valence-corrected chi connectivity index (χ1v) is 5.86. The molecule has 0 radical (unpaired) electrons. The molecule has 14 heavy (non-hydrogen) atoms. The van der Waals surface area contributed by atoms with Crippen molar-refractivity contribution in [2.45, 2.75) is 6.42 Å². The third-order valence-electron chi connectivity index (χ3n) is 1.68. The van der Waals surface area contributed by atoms with Gasteiger partial charge in [-0.15, -0.1) is 0 Å². The summed E-state index contributed by atoms with van der Waals surface area (Å²) < 4.78 is 29.3. The van der Waals surface area contributed by atoms with Gasteiger partial charge in [-0.25, -0.2) is 0 Å². The van der Waals surface area contributed by atoms with Gasteiger partial charge in [0, 0.05) is 17.6 Å². The lowest BCUT2D eigenvalue weighted by Gasteiger charge is -2.20. The molecule has 78 valence electrons. The Labute approximate surface area is 87.1 Å². The second kappa shape index (κ2) is 4.16. The van der Waals surface area contributed by atoms with Gasteiger partial charge < -0.3 is 4.90 Å². The van der Waals surface area contributed by atoms with E-state index in [4.69, 9.17) is 16.8 Å². The van der Waals surface area contributed by atoms with Crippen molar-refractivity contribution >= 4 is 33.1 Å². The van der Waals surface area contributed by atoms with Crippen molar-refractivity contribution in [3.05, 3.63) is 12.3 Å². The van der Waals surface area contributed by atoms with Crippen LogP contribution in [0, 0.1) is 0 Å². The van der Waals surface area contributed by atoms with Crippen LogP contribution in [0.25, 0.3) is 0 Å². The van der Waals surface area contributed by atoms with E-state index in [9.17, 15) is 13.2 Å². The lowest BCUT2D eigenvalue weighted by Crippen LogP contribution is -2.34. The molecule has 1 rings (SSSR count). The normalized spacial score (nSPS) is 17.6. The summed E-state index contributed by atoms with van der Waals surface area (Å²) in [5.41, 5.74) is 0. The predicted molar refractivity (Wildman–Crippen MR) is 54.5 cm³/mol. The Morgan fingerprint density at radius 2 is 2.21 bits per heavy atom. The molecule has 1 heterocycles. The third kappa shape index (κ3) is 3.52. The Bertz CT molecular complexity index is 384. The molecule has 0 spiro atoms. The number of thiocarbonyl (C=S) groups is 1. The number of rotatable bonds is 3. The van der Waals surface area contributed by atoms with E-state index < -0.39 is 15.9 Å². The van der Waals surface area contributed by atoms with Crippen LogP contribution in [-0.2, 0) is 14.9 Å². The van der Waals surface area contributed by atoms with Crippen molar-refractivity contribution in [1.29, 1.82) is 0 Å². The van der Waals surface area contributed by atoms with Crippen LogP contribution in [0.2, 0.25) is 0 Å². The van der Waals surface area contributed by atoms with Gasteiger partial charge in [0.1, 0.15) is 0 Å². The fourth-order valence-corrected chi connectivity index (χ4v) is 1.59. The van der Waals surface area contributed by atoms with Crippen LogP contribution in [0.15, 0.2) is 12.3 Å². The highest BCUT2D eigenvalue weighted by Crippen LogP contribution is 2.06. The first kappa shape index (κ1) is 11.3. The van der Waals surface area contributed by atoms with Crippen molar-refractivity contribution < 1.29 is 17.8 Å². The van der Waals surface area contributed by atoms with Crippen molar-refractivity contribution in [3.63, 3.8) is 0 Å². The molecule has 0 aromatic carbocycles. The Morgan fingerprint density at radius 3 is 2.71 bits per heavy atom. The second-order valence-electron chi connectivity index (χ2n) is 2.83. The van der Waals surface area contributed by atoms with Gasteiger partial charge in [0.25, 0.3) is 10.1 Å². The van der Waals surface area contributed by atoms with Crippen LogP contribution in [0.3, 0.4) is 0 Å². The highest BCUT2D eigenvalue weighted by Gasteiger charge is 2.18. The minimum absolute atomic E-state index is 0.0449. The lowest BCUT2D eigenvalue weighted by atomic mass is 10.2. The van der Waals surface area contributed by atoms with Gasteiger partial charge >= 0.3 is 0 Å². The highest BCUT2D eigenvalue weighted by molar-refractivity contribution is 7.85. The maximum Gasteiger partial charge on any atom is 0.266 e. The summed E-state index contributed by atoms with van der Waals surface area (Å²) in [4.78, 5) is 13.0. The third-order valence-corrected chi connectivity index (χ3v) is 2.66. The summed E-state index contributed by atoms with van der Waals surface area (Å²) in [6.45, 7) is -0.0449. The zero-order valence-electron chi connectivity index (χ0n) is 7.21. The number of amides is 1.